The van der Waals surface area contributed by atoms with Gasteiger partial charge in [-0.2, -0.15) is 0 Å². The van der Waals surface area contributed by atoms with Crippen LogP contribution < -0.4 is 0 Å². The summed E-state index contributed by atoms with van der Waals surface area (Å²) in [6, 6.07) is 0. The lowest BCUT2D eigenvalue weighted by atomic mass is 9.65. The maximum atomic E-state index is 10.1. The highest BCUT2D eigenvalue weighted by atomic mass is 16.4. The van der Waals surface area contributed by atoms with Crippen LogP contribution in [0.15, 0.2) is 23.8 Å². The van der Waals surface area contributed by atoms with Crippen LogP contribution in [0.4, 0.5) is 0 Å². The van der Waals surface area contributed by atoms with Crippen molar-refractivity contribution in [1.82, 2.24) is 0 Å². The summed E-state index contributed by atoms with van der Waals surface area (Å²) in [4.78, 5) is 0. The van der Waals surface area contributed by atoms with Gasteiger partial charge in [-0.1, -0.05) is 13.0 Å². The Bertz CT molecular complexity index is 361. The molecule has 2 atom stereocenters. The van der Waals surface area contributed by atoms with E-state index in [1.165, 1.54) is 5.57 Å². The summed E-state index contributed by atoms with van der Waals surface area (Å²) in [5.41, 5.74) is 0.873. The number of hydrogen-bond acceptors (Lipinski definition) is 1. The third-order valence-electron chi connectivity index (χ3n) is 3.66. The molecule has 0 radical (unpaired) electrons. The number of fused-ring (bicyclic) bond motifs is 1. The Hall–Kier alpha value is -0.890. The normalized spacial score (nSPS) is 42.7. The van der Waals surface area contributed by atoms with Crippen molar-refractivity contribution in [1.29, 1.82) is 0 Å². The second-order valence-electron chi connectivity index (χ2n) is 5.20. The number of allylic oxidation sites excluding steroid dienone is 3. The van der Waals surface area contributed by atoms with Crippen molar-refractivity contribution in [2.75, 3.05) is 7.11 Å². The van der Waals surface area contributed by atoms with Gasteiger partial charge in [0.2, 0.25) is 0 Å². The average molecular weight is 207 g/mol. The zero-order chi connectivity index (χ0) is 11.1. The molecule has 1 saturated carbocycles. The lowest BCUT2D eigenvalue weighted by Crippen LogP contribution is -2.37. The molecule has 0 unspecified atom stereocenters. The second-order valence-corrected chi connectivity index (χ2v) is 5.20. The first-order valence-corrected chi connectivity index (χ1v) is 5.49. The first-order valence-electron chi connectivity index (χ1n) is 5.49. The molecule has 2 aliphatic carbocycles. The Balaban J connectivity index is 2.34. The van der Waals surface area contributed by atoms with Crippen molar-refractivity contribution in [2.24, 2.45) is 5.41 Å². The van der Waals surface area contributed by atoms with Gasteiger partial charge >= 0.3 is 5.78 Å². The fraction of sp³-hybridized carbons (Fsp3) is 0.615. The van der Waals surface area contributed by atoms with Crippen molar-refractivity contribution < 1.29 is 9.53 Å². The van der Waals surface area contributed by atoms with Gasteiger partial charge in [-0.15, -0.1) is 0 Å². The number of ketones is 1. The molecule has 0 aliphatic heterocycles. The van der Waals surface area contributed by atoms with E-state index in [-0.39, 0.29) is 5.41 Å². The monoisotopic (exact) mass is 207 g/mol. The van der Waals surface area contributed by atoms with Gasteiger partial charge in [0.25, 0.3) is 7.11 Å². The van der Waals surface area contributed by atoms with Gasteiger partial charge in [-0.05, 0) is 31.8 Å². The molecule has 0 aromatic carbocycles. The third-order valence-corrected chi connectivity index (χ3v) is 3.66. The third kappa shape index (κ3) is 1.91. The van der Waals surface area contributed by atoms with Crippen molar-refractivity contribution in [3.63, 3.8) is 0 Å². The summed E-state index contributed by atoms with van der Waals surface area (Å²) in [7, 11) is 1.68. The summed E-state index contributed by atoms with van der Waals surface area (Å²) in [6.07, 6.45) is 8.95. The first-order chi connectivity index (χ1) is 6.95. The number of rotatable bonds is 0. The van der Waals surface area contributed by atoms with E-state index in [4.69, 9.17) is 4.42 Å². The zero-order valence-electron chi connectivity index (χ0n) is 9.71. The Kier molecular flexibility index (Phi) is 2.34. The second kappa shape index (κ2) is 3.31. The molecule has 0 amide bonds. The molecule has 1 N–H and O–H groups in total. The van der Waals surface area contributed by atoms with Crippen LogP contribution in [0.3, 0.4) is 0 Å². The van der Waals surface area contributed by atoms with Crippen molar-refractivity contribution in [3.8, 4) is 0 Å². The lowest BCUT2D eigenvalue weighted by molar-refractivity contribution is -0.417. The van der Waals surface area contributed by atoms with Gasteiger partial charge in [-0.25, -0.2) is 0 Å². The smallest absolute Gasteiger partial charge is 0.342 e. The predicted molar refractivity (Wildman–Crippen MR) is 60.7 cm³/mol. The maximum absolute atomic E-state index is 10.1. The summed E-state index contributed by atoms with van der Waals surface area (Å²) >= 11 is 0. The van der Waals surface area contributed by atoms with E-state index in [0.717, 1.165) is 25.0 Å². The quantitative estimate of drug-likeness (QED) is 0.606. The Morgan fingerprint density at radius 3 is 2.73 bits per heavy atom. The summed E-state index contributed by atoms with van der Waals surface area (Å²) in [6.45, 7) is 4.15. The van der Waals surface area contributed by atoms with Gasteiger partial charge < -0.3 is 5.11 Å². The van der Waals surface area contributed by atoms with E-state index in [1.54, 1.807) is 7.11 Å². The number of carbonyl (C=O) groups excluding carboxylic acids is 1. The molecule has 0 bridgehead atoms. The Morgan fingerprint density at radius 2 is 2.07 bits per heavy atom. The van der Waals surface area contributed by atoms with Gasteiger partial charge in [0.15, 0.2) is 0 Å². The van der Waals surface area contributed by atoms with Gasteiger partial charge in [0, 0.05) is 17.6 Å². The van der Waals surface area contributed by atoms with Gasteiger partial charge in [0.1, 0.15) is 0 Å². The topological polar surface area (TPSA) is 31.5 Å². The fourth-order valence-corrected chi connectivity index (χ4v) is 2.41. The molecule has 15 heavy (non-hydrogen) atoms. The average Bonchev–Trinajstić information content (AvgIpc) is 2.18. The van der Waals surface area contributed by atoms with Crippen LogP contribution in [-0.2, 0) is 4.42 Å². The Morgan fingerprint density at radius 1 is 1.33 bits per heavy atom. The molecule has 1 fully saturated rings. The molecule has 2 heteroatoms. The van der Waals surface area contributed by atoms with E-state index in [1.807, 2.05) is 13.0 Å². The lowest BCUT2D eigenvalue weighted by Gasteiger charge is -2.41. The molecule has 0 aromatic heterocycles. The maximum Gasteiger partial charge on any atom is 0.342 e. The molecule has 82 valence electrons. The highest BCUT2D eigenvalue weighted by molar-refractivity contribution is 6.01. The van der Waals surface area contributed by atoms with Crippen LogP contribution in [0.25, 0.3) is 0 Å². The molecule has 0 spiro atoms. The Labute approximate surface area is 91.0 Å². The summed E-state index contributed by atoms with van der Waals surface area (Å²) in [5.74, 6) is 0.889. The van der Waals surface area contributed by atoms with Crippen LogP contribution in [0, 0.1) is 5.41 Å². The summed E-state index contributed by atoms with van der Waals surface area (Å²) in [5, 5.41) is 10.1. The molecule has 0 saturated heterocycles. The zero-order valence-corrected chi connectivity index (χ0v) is 9.71. The van der Waals surface area contributed by atoms with E-state index in [2.05, 4.69) is 19.1 Å². The van der Waals surface area contributed by atoms with Crippen LogP contribution in [0.5, 0.6) is 0 Å². The largest absolute Gasteiger partial charge is 0.390 e. The van der Waals surface area contributed by atoms with Gasteiger partial charge in [0.05, 0.1) is 5.60 Å². The van der Waals surface area contributed by atoms with E-state index in [9.17, 15) is 5.11 Å². The van der Waals surface area contributed by atoms with E-state index < -0.39 is 5.60 Å². The molecule has 2 rings (SSSR count). The molecular weight excluding hydrogens is 188 g/mol. The SMILES string of the molecule is C[O+]=C1C=C[C@@]2(C)CC[C@@](C)(O)CC2=C1. The van der Waals surface area contributed by atoms with Crippen LogP contribution in [0.2, 0.25) is 0 Å². The van der Waals surface area contributed by atoms with Crippen LogP contribution in [0.1, 0.15) is 33.1 Å². The van der Waals surface area contributed by atoms with Crippen molar-refractivity contribution in [2.45, 2.75) is 38.7 Å². The van der Waals surface area contributed by atoms with E-state index in [0.29, 0.717) is 0 Å². The minimum Gasteiger partial charge on any atom is -0.390 e. The van der Waals surface area contributed by atoms with Crippen LogP contribution >= 0.6 is 0 Å². The standard InChI is InChI=1S/C13H19O2/c1-12-5-4-11(15-3)8-10(12)9-13(2,14)7-6-12/h4-5,8,14H,6-7,9H2,1-3H3/q+1/t12-,13+/m0/s1. The van der Waals surface area contributed by atoms with E-state index >= 15 is 0 Å². The number of hydrogen-bond donors (Lipinski definition) is 1. The number of aliphatic hydroxyl groups is 1. The first kappa shape index (κ1) is 10.6. The minimum absolute atomic E-state index is 0.129. The van der Waals surface area contributed by atoms with Crippen LogP contribution in [-0.4, -0.2) is 23.6 Å². The molecule has 2 nitrogen and oxygen atoms in total. The highest BCUT2D eigenvalue weighted by Gasteiger charge is 2.40. The fourth-order valence-electron chi connectivity index (χ4n) is 2.41. The molecular formula is C13H19O2+. The highest BCUT2D eigenvalue weighted by Crippen LogP contribution is 2.46. The summed E-state index contributed by atoms with van der Waals surface area (Å²) < 4.78 is 5.23. The molecule has 0 heterocycles. The predicted octanol–water partition coefficient (Wildman–Crippen LogP) is 2.16. The minimum atomic E-state index is -0.546. The van der Waals surface area contributed by atoms with Gasteiger partial charge in [-0.3, -0.25) is 4.42 Å². The molecule has 0 aromatic rings. The van der Waals surface area contributed by atoms with Crippen molar-refractivity contribution in [3.05, 3.63) is 23.8 Å². The molecule has 2 aliphatic rings. The van der Waals surface area contributed by atoms with Crippen molar-refractivity contribution >= 4 is 5.78 Å².